The maximum atomic E-state index is 12.4. The molecule has 2 aromatic rings. The Labute approximate surface area is 153 Å². The maximum absolute atomic E-state index is 12.4. The van der Waals surface area contributed by atoms with Crippen molar-refractivity contribution in [3.8, 4) is 11.3 Å². The Bertz CT molecular complexity index is 935. The molecule has 26 heavy (non-hydrogen) atoms. The minimum Gasteiger partial charge on any atom is -0.345 e. The van der Waals surface area contributed by atoms with Crippen molar-refractivity contribution in [2.24, 2.45) is 0 Å². The van der Waals surface area contributed by atoms with Crippen LogP contribution in [0.3, 0.4) is 0 Å². The summed E-state index contributed by atoms with van der Waals surface area (Å²) in [7, 11) is 0.806. The summed E-state index contributed by atoms with van der Waals surface area (Å²) in [6, 6.07) is 10.6. The van der Waals surface area contributed by atoms with E-state index in [0.717, 1.165) is 28.8 Å². The molecule has 1 atom stereocenters. The highest BCUT2D eigenvalue weighted by Crippen LogP contribution is 2.19. The molecule has 0 aliphatic carbocycles. The van der Waals surface area contributed by atoms with Gasteiger partial charge in [-0.05, 0) is 43.9 Å². The monoisotopic (exact) mass is 371 g/mol. The van der Waals surface area contributed by atoms with Gasteiger partial charge in [0, 0.05) is 29.3 Å². The fourth-order valence-electron chi connectivity index (χ4n) is 2.79. The molecule has 1 aliphatic rings. The summed E-state index contributed by atoms with van der Waals surface area (Å²) in [5.74, 6) is -0.393. The quantitative estimate of drug-likeness (QED) is 0.868. The first kappa shape index (κ1) is 18.3. The number of hydrogen-bond acceptors (Lipinski definition) is 5. The third-order valence-corrected chi connectivity index (χ3v) is 5.39. The molecular formula is C19H21N3O3S. The zero-order chi connectivity index (χ0) is 18.7. The highest BCUT2D eigenvalue weighted by molar-refractivity contribution is 7.94. The Kier molecular flexibility index (Phi) is 5.20. The van der Waals surface area contributed by atoms with Crippen molar-refractivity contribution in [3.05, 3.63) is 65.2 Å². The molecule has 7 heteroatoms. The van der Waals surface area contributed by atoms with Gasteiger partial charge < -0.3 is 10.2 Å². The van der Waals surface area contributed by atoms with Crippen LogP contribution < -0.4 is 5.32 Å². The highest BCUT2D eigenvalue weighted by Gasteiger charge is 2.23. The number of benzene rings is 1. The number of carbonyl (C=O) groups excluding carboxylic acids is 1. The molecule has 1 aliphatic heterocycles. The van der Waals surface area contributed by atoms with Gasteiger partial charge in [0.05, 0.1) is 17.5 Å². The van der Waals surface area contributed by atoms with Crippen LogP contribution in [0.4, 0.5) is 0 Å². The topological polar surface area (TPSA) is 79.4 Å². The number of amides is 1. The molecular weight excluding hydrogens is 350 g/mol. The van der Waals surface area contributed by atoms with E-state index in [9.17, 15) is 13.2 Å². The second kappa shape index (κ2) is 7.39. The van der Waals surface area contributed by atoms with Gasteiger partial charge in [-0.1, -0.05) is 18.2 Å². The number of hydrogen-bond donors (Lipinski definition) is 1. The molecule has 6 nitrogen and oxygen atoms in total. The van der Waals surface area contributed by atoms with Crippen LogP contribution in [0.1, 0.15) is 15.9 Å². The normalized spacial score (nSPS) is 18.2. The van der Waals surface area contributed by atoms with E-state index in [-0.39, 0.29) is 11.7 Å². The van der Waals surface area contributed by atoms with Crippen molar-refractivity contribution >= 4 is 15.7 Å². The second-order valence-corrected chi connectivity index (χ2v) is 8.54. The van der Waals surface area contributed by atoms with E-state index in [4.69, 9.17) is 0 Å². The zero-order valence-corrected chi connectivity index (χ0v) is 15.5. The highest BCUT2D eigenvalue weighted by atomic mass is 32.2. The maximum Gasteiger partial charge on any atom is 0.251 e. The van der Waals surface area contributed by atoms with Gasteiger partial charge in [0.2, 0.25) is 0 Å². The van der Waals surface area contributed by atoms with Gasteiger partial charge in [-0.25, -0.2) is 8.42 Å². The lowest BCUT2D eigenvalue weighted by molar-refractivity contribution is 0.0947. The number of nitrogens with zero attached hydrogens (tertiary/aromatic N) is 2. The minimum atomic E-state index is -3.20. The van der Waals surface area contributed by atoms with Gasteiger partial charge in [0.25, 0.3) is 5.91 Å². The van der Waals surface area contributed by atoms with Crippen molar-refractivity contribution in [1.29, 1.82) is 0 Å². The fraction of sp³-hybridized carbons (Fsp3) is 0.263. The smallest absolute Gasteiger partial charge is 0.251 e. The summed E-state index contributed by atoms with van der Waals surface area (Å²) >= 11 is 0. The summed E-state index contributed by atoms with van der Waals surface area (Å²) in [5.41, 5.74) is 3.20. The minimum absolute atomic E-state index is 0.0900. The number of nitrogens with one attached hydrogen (secondary N) is 1. The van der Waals surface area contributed by atoms with Crippen molar-refractivity contribution < 1.29 is 13.2 Å². The summed E-state index contributed by atoms with van der Waals surface area (Å²) in [6.45, 7) is 0.813. The Morgan fingerprint density at radius 1 is 1.27 bits per heavy atom. The molecule has 136 valence electrons. The molecule has 1 amide bonds. The molecule has 1 aromatic heterocycles. The van der Waals surface area contributed by atoms with E-state index in [1.165, 1.54) is 6.08 Å². The Morgan fingerprint density at radius 3 is 2.69 bits per heavy atom. The van der Waals surface area contributed by atoms with E-state index in [0.29, 0.717) is 5.56 Å². The summed E-state index contributed by atoms with van der Waals surface area (Å²) in [5, 5.41) is 3.88. The average molecular weight is 371 g/mol. The molecule has 0 saturated carbocycles. The van der Waals surface area contributed by atoms with Crippen LogP contribution in [0.5, 0.6) is 0 Å². The summed E-state index contributed by atoms with van der Waals surface area (Å²) in [6.07, 6.45) is 3.33. The van der Waals surface area contributed by atoms with Crippen LogP contribution in [0.25, 0.3) is 11.3 Å². The lowest BCUT2D eigenvalue weighted by Crippen LogP contribution is -2.35. The average Bonchev–Trinajstić information content (AvgIpc) is 2.93. The number of rotatable bonds is 5. The first-order valence-corrected chi connectivity index (χ1v) is 9.96. The van der Waals surface area contributed by atoms with Crippen LogP contribution >= 0.6 is 0 Å². The first-order valence-electron chi connectivity index (χ1n) is 8.24. The van der Waals surface area contributed by atoms with Gasteiger partial charge in [-0.2, -0.15) is 0 Å². The van der Waals surface area contributed by atoms with Crippen molar-refractivity contribution in [2.75, 3.05) is 19.8 Å². The molecule has 0 saturated heterocycles. The van der Waals surface area contributed by atoms with Crippen LogP contribution in [0, 0.1) is 0 Å². The van der Waals surface area contributed by atoms with E-state index in [1.54, 1.807) is 18.2 Å². The zero-order valence-electron chi connectivity index (χ0n) is 14.7. The lowest BCUT2D eigenvalue weighted by atomic mass is 10.1. The number of aromatic nitrogens is 1. The number of carbonyl (C=O) groups is 1. The van der Waals surface area contributed by atoms with Crippen LogP contribution in [-0.4, -0.2) is 50.1 Å². The van der Waals surface area contributed by atoms with Gasteiger partial charge in [0.15, 0.2) is 9.84 Å². The first-order chi connectivity index (χ1) is 12.3. The van der Waals surface area contributed by atoms with Crippen molar-refractivity contribution in [1.82, 2.24) is 15.2 Å². The molecule has 1 N–H and O–H groups in total. The molecule has 2 heterocycles. The van der Waals surface area contributed by atoms with Gasteiger partial charge in [0.1, 0.15) is 0 Å². The lowest BCUT2D eigenvalue weighted by Gasteiger charge is -2.11. The summed E-state index contributed by atoms with van der Waals surface area (Å²) < 4.78 is 22.9. The molecule has 1 aromatic carbocycles. The fourth-order valence-corrected chi connectivity index (χ4v) is 4.03. The van der Waals surface area contributed by atoms with Crippen molar-refractivity contribution in [3.63, 3.8) is 0 Å². The predicted molar refractivity (Wildman–Crippen MR) is 101 cm³/mol. The molecule has 1 unspecified atom stereocenters. The van der Waals surface area contributed by atoms with Crippen LogP contribution in [0.15, 0.2) is 54.1 Å². The van der Waals surface area contributed by atoms with Crippen LogP contribution in [-0.2, 0) is 16.4 Å². The summed E-state index contributed by atoms with van der Waals surface area (Å²) in [4.78, 5) is 18.9. The largest absolute Gasteiger partial charge is 0.345 e. The Balaban J connectivity index is 1.73. The predicted octanol–water partition coefficient (Wildman–Crippen LogP) is 1.85. The van der Waals surface area contributed by atoms with E-state index >= 15 is 0 Å². The van der Waals surface area contributed by atoms with Gasteiger partial charge >= 0.3 is 0 Å². The standard InChI is InChI=1S/C19H21N3O3S/c1-22(2)12-14-6-7-18(20-11-14)15-4-3-5-16(10-15)19(23)21-17-8-9-26(24,25)13-17/h3-11,17H,12-13H2,1-2H3,(H,21,23). The van der Waals surface area contributed by atoms with Gasteiger partial charge in [-0.3, -0.25) is 9.78 Å². The third kappa shape index (κ3) is 4.56. The second-order valence-electron chi connectivity index (χ2n) is 6.61. The van der Waals surface area contributed by atoms with Gasteiger partial charge in [-0.15, -0.1) is 0 Å². The third-order valence-electron chi connectivity index (χ3n) is 3.99. The Morgan fingerprint density at radius 2 is 2.08 bits per heavy atom. The van der Waals surface area contributed by atoms with Crippen molar-refractivity contribution in [2.45, 2.75) is 12.6 Å². The van der Waals surface area contributed by atoms with E-state index in [2.05, 4.69) is 15.2 Å². The molecule has 0 bridgehead atoms. The molecule has 3 rings (SSSR count). The Hall–Kier alpha value is -2.51. The number of pyridine rings is 1. The van der Waals surface area contributed by atoms with E-state index < -0.39 is 15.9 Å². The molecule has 0 spiro atoms. The molecule has 0 fully saturated rings. The molecule has 0 radical (unpaired) electrons. The van der Waals surface area contributed by atoms with E-state index in [1.807, 2.05) is 38.5 Å². The van der Waals surface area contributed by atoms with Crippen LogP contribution in [0.2, 0.25) is 0 Å². The number of sulfone groups is 1. The SMILES string of the molecule is CN(C)Cc1ccc(-c2cccc(C(=O)NC3C=CS(=O)(=O)C3)c2)nc1.